The van der Waals surface area contributed by atoms with Gasteiger partial charge in [0.1, 0.15) is 0 Å². The monoisotopic (exact) mass is 479 g/mol. The molecular formula is C22H15F6N5O. The molecule has 2 aromatic heterocycles. The fourth-order valence-electron chi connectivity index (χ4n) is 3.25. The summed E-state index contributed by atoms with van der Waals surface area (Å²) >= 11 is 0. The van der Waals surface area contributed by atoms with Crippen LogP contribution in [0.2, 0.25) is 0 Å². The number of aromatic nitrogens is 4. The number of carbonyl (C=O) groups excluding carboxylic acids is 1. The Morgan fingerprint density at radius 2 is 1.56 bits per heavy atom. The maximum absolute atomic E-state index is 13.8. The largest absolute Gasteiger partial charge is 0.434 e. The number of rotatable bonds is 5. The number of halogens is 6. The molecule has 6 nitrogen and oxygen atoms in total. The van der Waals surface area contributed by atoms with E-state index >= 15 is 0 Å². The quantitative estimate of drug-likeness (QED) is 0.409. The van der Waals surface area contributed by atoms with Crippen molar-refractivity contribution in [2.75, 3.05) is 0 Å². The van der Waals surface area contributed by atoms with Crippen molar-refractivity contribution in [2.24, 2.45) is 0 Å². The third-order valence-electron chi connectivity index (χ3n) is 4.81. The number of carbonyl (C=O) groups is 1. The van der Waals surface area contributed by atoms with Crippen molar-refractivity contribution in [3.63, 3.8) is 0 Å². The van der Waals surface area contributed by atoms with Gasteiger partial charge >= 0.3 is 12.4 Å². The van der Waals surface area contributed by atoms with Crippen molar-refractivity contribution in [3.05, 3.63) is 95.6 Å². The van der Waals surface area contributed by atoms with Crippen LogP contribution in [0.4, 0.5) is 26.3 Å². The minimum atomic E-state index is -5.06. The first kappa shape index (κ1) is 23.1. The van der Waals surface area contributed by atoms with E-state index in [0.717, 1.165) is 23.9 Å². The average molecular weight is 479 g/mol. The third kappa shape index (κ3) is 4.80. The molecule has 0 unspecified atom stereocenters. The Morgan fingerprint density at radius 3 is 2.24 bits per heavy atom. The second-order valence-corrected chi connectivity index (χ2v) is 7.18. The third-order valence-corrected chi connectivity index (χ3v) is 4.81. The fourth-order valence-corrected chi connectivity index (χ4v) is 3.25. The highest BCUT2D eigenvalue weighted by atomic mass is 19.4. The number of para-hydroxylation sites is 1. The van der Waals surface area contributed by atoms with E-state index in [1.54, 1.807) is 30.5 Å². The zero-order valence-electron chi connectivity index (χ0n) is 17.1. The Balaban J connectivity index is 1.58. The molecule has 12 heteroatoms. The van der Waals surface area contributed by atoms with Gasteiger partial charge in [-0.3, -0.25) is 4.79 Å². The van der Waals surface area contributed by atoms with Crippen molar-refractivity contribution in [1.82, 2.24) is 24.9 Å². The molecule has 4 aromatic rings. The molecule has 4 rings (SSSR count). The molecule has 1 amide bonds. The van der Waals surface area contributed by atoms with E-state index in [4.69, 9.17) is 0 Å². The minimum Gasteiger partial charge on any atom is -0.348 e. The number of benzene rings is 2. The number of nitrogens with one attached hydrogen (secondary N) is 1. The highest BCUT2D eigenvalue weighted by Crippen LogP contribution is 2.35. The van der Waals surface area contributed by atoms with Crippen LogP contribution in [0.1, 0.15) is 27.2 Å². The molecule has 176 valence electrons. The molecule has 0 spiro atoms. The van der Waals surface area contributed by atoms with E-state index < -0.39 is 40.8 Å². The maximum Gasteiger partial charge on any atom is 0.434 e. The molecule has 34 heavy (non-hydrogen) atoms. The summed E-state index contributed by atoms with van der Waals surface area (Å²) in [5, 5.41) is 10.1. The van der Waals surface area contributed by atoms with Gasteiger partial charge in [0, 0.05) is 18.3 Å². The van der Waals surface area contributed by atoms with Crippen LogP contribution in [0.3, 0.4) is 0 Å². The highest BCUT2D eigenvalue weighted by molar-refractivity contribution is 5.95. The summed E-state index contributed by atoms with van der Waals surface area (Å²) in [6.45, 7) is -0.127. The zero-order valence-corrected chi connectivity index (χ0v) is 17.1. The Morgan fingerprint density at radius 1 is 0.853 bits per heavy atom. The lowest BCUT2D eigenvalue weighted by molar-refractivity contribution is -0.143. The average Bonchev–Trinajstić information content (AvgIpc) is 3.45. The number of nitrogens with zero attached hydrogens (tertiary/aromatic N) is 4. The molecule has 1 N–H and O–H groups in total. The molecule has 0 atom stereocenters. The van der Waals surface area contributed by atoms with Crippen molar-refractivity contribution in [1.29, 1.82) is 0 Å². The zero-order chi connectivity index (χ0) is 24.5. The van der Waals surface area contributed by atoms with Crippen molar-refractivity contribution in [2.45, 2.75) is 18.9 Å². The van der Waals surface area contributed by atoms with Crippen LogP contribution in [0, 0.1) is 0 Å². The molecule has 0 aliphatic carbocycles. The van der Waals surface area contributed by atoms with Gasteiger partial charge < -0.3 is 5.32 Å². The summed E-state index contributed by atoms with van der Waals surface area (Å²) in [5.74, 6) is -1.09. The van der Waals surface area contributed by atoms with Crippen LogP contribution < -0.4 is 5.32 Å². The van der Waals surface area contributed by atoms with E-state index in [0.29, 0.717) is 17.8 Å². The minimum absolute atomic E-state index is 0.127. The lowest BCUT2D eigenvalue weighted by Gasteiger charge is -2.14. The predicted octanol–water partition coefficient (Wildman–Crippen LogP) is 5.03. The molecule has 0 saturated carbocycles. The molecule has 0 bridgehead atoms. The Bertz CT molecular complexity index is 1310. The lowest BCUT2D eigenvalue weighted by atomic mass is 10.1. The second kappa shape index (κ2) is 8.69. The number of alkyl halides is 6. The standard InChI is InChI=1S/C22H15F6N5O/c23-21(24,25)15-5-4-8-17(9-15)33-19(22(26,27)28)18(12-31-33)20(34)29-10-14-11-30-32(13-14)16-6-2-1-3-7-16/h1-9,11-13H,10H2,(H,29,34). The number of hydrogen-bond donors (Lipinski definition) is 1. The van der Waals surface area contributed by atoms with Crippen molar-refractivity contribution in [3.8, 4) is 11.4 Å². The Kier molecular flexibility index (Phi) is 5.90. The molecular weight excluding hydrogens is 464 g/mol. The lowest BCUT2D eigenvalue weighted by Crippen LogP contribution is -2.26. The van der Waals surface area contributed by atoms with Gasteiger partial charge in [-0.2, -0.15) is 36.5 Å². The summed E-state index contributed by atoms with van der Waals surface area (Å²) in [6, 6.07) is 12.3. The molecule has 0 saturated heterocycles. The summed E-state index contributed by atoms with van der Waals surface area (Å²) in [5.41, 5.74) is -2.65. The second-order valence-electron chi connectivity index (χ2n) is 7.18. The summed E-state index contributed by atoms with van der Waals surface area (Å²) in [4.78, 5) is 12.6. The van der Waals surface area contributed by atoms with Gasteiger partial charge in [0.25, 0.3) is 5.91 Å². The SMILES string of the molecule is O=C(NCc1cnn(-c2ccccc2)c1)c1cnn(-c2cccc(C(F)(F)F)c2)c1C(F)(F)F. The molecule has 2 heterocycles. The summed E-state index contributed by atoms with van der Waals surface area (Å²) in [7, 11) is 0. The first-order valence-corrected chi connectivity index (χ1v) is 9.74. The number of amides is 1. The summed E-state index contributed by atoms with van der Waals surface area (Å²) < 4.78 is 82.2. The van der Waals surface area contributed by atoms with E-state index in [2.05, 4.69) is 15.5 Å². The van der Waals surface area contributed by atoms with Crippen LogP contribution in [-0.2, 0) is 18.9 Å². The normalized spacial score (nSPS) is 12.1. The fraction of sp³-hybridized carbons (Fsp3) is 0.136. The first-order chi connectivity index (χ1) is 16.0. The van der Waals surface area contributed by atoms with Crippen molar-refractivity contribution < 1.29 is 31.1 Å². The van der Waals surface area contributed by atoms with Gasteiger partial charge in [-0.25, -0.2) is 9.36 Å². The number of hydrogen-bond acceptors (Lipinski definition) is 3. The van der Waals surface area contributed by atoms with Crippen LogP contribution in [-0.4, -0.2) is 25.5 Å². The van der Waals surface area contributed by atoms with Crippen LogP contribution >= 0.6 is 0 Å². The van der Waals surface area contributed by atoms with E-state index in [9.17, 15) is 31.1 Å². The van der Waals surface area contributed by atoms with E-state index in [-0.39, 0.29) is 11.2 Å². The molecule has 0 radical (unpaired) electrons. The van der Waals surface area contributed by atoms with Gasteiger partial charge in [0.05, 0.1) is 34.9 Å². The van der Waals surface area contributed by atoms with Gasteiger partial charge in [0.15, 0.2) is 5.69 Å². The van der Waals surface area contributed by atoms with Gasteiger partial charge in [0.2, 0.25) is 0 Å². The highest BCUT2D eigenvalue weighted by Gasteiger charge is 2.41. The van der Waals surface area contributed by atoms with Crippen LogP contribution in [0.15, 0.2) is 73.2 Å². The van der Waals surface area contributed by atoms with E-state index in [1.165, 1.54) is 10.9 Å². The smallest absolute Gasteiger partial charge is 0.348 e. The Hall–Kier alpha value is -4.09. The van der Waals surface area contributed by atoms with Crippen LogP contribution in [0.5, 0.6) is 0 Å². The Labute approximate surface area is 188 Å². The van der Waals surface area contributed by atoms with Gasteiger partial charge in [-0.15, -0.1) is 0 Å². The van der Waals surface area contributed by atoms with Gasteiger partial charge in [-0.1, -0.05) is 24.3 Å². The van der Waals surface area contributed by atoms with E-state index in [1.807, 2.05) is 6.07 Å². The summed E-state index contributed by atoms with van der Waals surface area (Å²) in [6.07, 6.45) is -6.09. The molecule has 2 aromatic carbocycles. The van der Waals surface area contributed by atoms with Gasteiger partial charge in [-0.05, 0) is 30.3 Å². The predicted molar refractivity (Wildman–Crippen MR) is 108 cm³/mol. The molecule has 0 fully saturated rings. The molecule has 0 aliphatic rings. The first-order valence-electron chi connectivity index (χ1n) is 9.74. The van der Waals surface area contributed by atoms with Crippen molar-refractivity contribution >= 4 is 5.91 Å². The maximum atomic E-state index is 13.8. The topological polar surface area (TPSA) is 64.7 Å². The molecule has 0 aliphatic heterocycles. The van der Waals surface area contributed by atoms with Crippen LogP contribution in [0.25, 0.3) is 11.4 Å².